The molecule has 0 amide bonds. The van der Waals surface area contributed by atoms with Crippen LogP contribution in [0.2, 0.25) is 0 Å². The van der Waals surface area contributed by atoms with Crippen LogP contribution >= 0.6 is 0 Å². The van der Waals surface area contributed by atoms with Crippen molar-refractivity contribution in [1.29, 1.82) is 0 Å². The molecular weight excluding hydrogens is 314 g/mol. The third-order valence-corrected chi connectivity index (χ3v) is 5.07. The number of hydrogen-bond donors (Lipinski definition) is 0. The van der Waals surface area contributed by atoms with E-state index in [1.54, 1.807) is 12.1 Å². The van der Waals surface area contributed by atoms with Gasteiger partial charge in [0.15, 0.2) is 6.10 Å². The fourth-order valence-corrected chi connectivity index (χ4v) is 3.60. The van der Waals surface area contributed by atoms with Gasteiger partial charge in [-0.05, 0) is 31.2 Å². The summed E-state index contributed by atoms with van der Waals surface area (Å²) in [7, 11) is -3.69. The van der Waals surface area contributed by atoms with Gasteiger partial charge >= 0.3 is 0 Å². The molecule has 0 aliphatic carbocycles. The number of rotatable bonds is 3. The quantitative estimate of drug-likeness (QED) is 0.737. The maximum atomic E-state index is 12.5. The maximum Gasteiger partial charge on any atom is 0.274 e. The largest absolute Gasteiger partial charge is 0.485 e. The van der Waals surface area contributed by atoms with Gasteiger partial charge in [-0.2, -0.15) is 0 Å². The Morgan fingerprint density at radius 2 is 1.73 bits per heavy atom. The van der Waals surface area contributed by atoms with Crippen molar-refractivity contribution in [2.45, 2.75) is 29.2 Å². The third-order valence-electron chi connectivity index (χ3n) is 3.24. The summed E-state index contributed by atoms with van der Waals surface area (Å²) in [5, 5.41) is 0. The first-order chi connectivity index (χ1) is 10.4. The monoisotopic (exact) mass is 326 g/mol. The Balaban J connectivity index is 2.02. The van der Waals surface area contributed by atoms with Crippen LogP contribution in [0.4, 0.5) is 8.78 Å². The molecule has 0 saturated carbocycles. The van der Waals surface area contributed by atoms with Crippen LogP contribution in [0.5, 0.6) is 17.2 Å². The molecule has 0 aromatic heterocycles. The second-order valence-electron chi connectivity index (χ2n) is 4.82. The highest BCUT2D eigenvalue weighted by atomic mass is 32.2. The topological polar surface area (TPSA) is 52.6 Å². The lowest BCUT2D eigenvalue weighted by molar-refractivity contribution is 0.0224. The zero-order valence-electron chi connectivity index (χ0n) is 11.5. The number of ether oxygens (including phenoxy) is 2. The van der Waals surface area contributed by atoms with E-state index < -0.39 is 22.4 Å². The molecule has 1 atom stereocenters. The summed E-state index contributed by atoms with van der Waals surface area (Å²) < 4.78 is 60.7. The van der Waals surface area contributed by atoms with E-state index in [4.69, 9.17) is 9.47 Å². The molecule has 0 saturated heterocycles. The predicted octanol–water partition coefficient (Wildman–Crippen LogP) is 3.66. The zero-order chi connectivity index (χ0) is 15.9. The molecule has 3 rings (SSSR count). The molecular formula is C15H12F2O4S. The average molecular weight is 326 g/mol. The smallest absolute Gasteiger partial charge is 0.274 e. The van der Waals surface area contributed by atoms with Crippen LogP contribution in [0.3, 0.4) is 0 Å². The minimum Gasteiger partial charge on any atom is -0.485 e. The number of alkyl halides is 2. The molecule has 0 radical (unpaired) electrons. The molecule has 116 valence electrons. The molecule has 2 aromatic rings. The van der Waals surface area contributed by atoms with Gasteiger partial charge in [-0.3, -0.25) is 0 Å². The van der Waals surface area contributed by atoms with Gasteiger partial charge in [0.2, 0.25) is 9.84 Å². The maximum absolute atomic E-state index is 12.5. The molecule has 1 unspecified atom stereocenters. The van der Waals surface area contributed by atoms with E-state index in [0.717, 1.165) is 0 Å². The number of para-hydroxylation sites is 1. The van der Waals surface area contributed by atoms with Gasteiger partial charge in [0, 0.05) is 6.07 Å². The Morgan fingerprint density at radius 1 is 1.05 bits per heavy atom. The lowest BCUT2D eigenvalue weighted by Crippen LogP contribution is -2.21. The number of hydrogen-bond acceptors (Lipinski definition) is 4. The van der Waals surface area contributed by atoms with Crippen LogP contribution in [-0.4, -0.2) is 20.9 Å². The minimum absolute atomic E-state index is 0.0109. The van der Waals surface area contributed by atoms with Crippen LogP contribution in [0.15, 0.2) is 52.3 Å². The first-order valence-corrected chi connectivity index (χ1v) is 7.99. The van der Waals surface area contributed by atoms with E-state index in [2.05, 4.69) is 0 Å². The fourth-order valence-electron chi connectivity index (χ4n) is 2.12. The summed E-state index contributed by atoms with van der Waals surface area (Å²) in [6.45, 7) is 1.23. The van der Waals surface area contributed by atoms with E-state index >= 15 is 0 Å². The molecule has 1 aliphatic heterocycles. The molecule has 22 heavy (non-hydrogen) atoms. The average Bonchev–Trinajstić information content (AvgIpc) is 2.47. The summed E-state index contributed by atoms with van der Waals surface area (Å²) in [6.07, 6.45) is -3.94. The lowest BCUT2D eigenvalue weighted by atomic mass is 10.3. The van der Waals surface area contributed by atoms with Crippen molar-refractivity contribution in [2.24, 2.45) is 0 Å². The summed E-state index contributed by atoms with van der Waals surface area (Å²) >= 11 is 0. The highest BCUT2D eigenvalue weighted by molar-refractivity contribution is 7.91. The highest BCUT2D eigenvalue weighted by Crippen LogP contribution is 2.43. The number of fused-ring (bicyclic) bond motifs is 2. The molecule has 4 nitrogen and oxygen atoms in total. The first-order valence-electron chi connectivity index (χ1n) is 6.50. The summed E-state index contributed by atoms with van der Waals surface area (Å²) in [4.78, 5) is 0.0698. The zero-order valence-corrected chi connectivity index (χ0v) is 12.3. The van der Waals surface area contributed by atoms with Crippen molar-refractivity contribution in [3.05, 3.63) is 42.5 Å². The first kappa shape index (κ1) is 14.8. The number of sulfone groups is 1. The van der Waals surface area contributed by atoms with Crippen LogP contribution in [-0.2, 0) is 9.84 Å². The van der Waals surface area contributed by atoms with Gasteiger partial charge in [-0.15, -0.1) is 0 Å². The van der Waals surface area contributed by atoms with E-state index in [1.165, 1.54) is 37.3 Å². The van der Waals surface area contributed by atoms with Gasteiger partial charge in [0.05, 0.1) is 0 Å². The molecule has 7 heteroatoms. The minimum atomic E-state index is -3.69. The second-order valence-corrected chi connectivity index (χ2v) is 6.70. The fraction of sp³-hybridized carbons (Fsp3) is 0.200. The molecule has 1 aliphatic rings. The van der Waals surface area contributed by atoms with E-state index in [1.807, 2.05) is 0 Å². The van der Waals surface area contributed by atoms with Crippen LogP contribution < -0.4 is 9.47 Å². The second kappa shape index (κ2) is 5.24. The molecule has 0 N–H and O–H groups in total. The van der Waals surface area contributed by atoms with Gasteiger partial charge in [0.1, 0.15) is 27.0 Å². The predicted molar refractivity (Wildman–Crippen MR) is 74.5 cm³/mol. The van der Waals surface area contributed by atoms with E-state index in [-0.39, 0.29) is 27.0 Å². The lowest BCUT2D eigenvalue weighted by Gasteiger charge is -2.21. The summed E-state index contributed by atoms with van der Waals surface area (Å²) in [5.41, 5.74) is 0. The van der Waals surface area contributed by atoms with Crippen LogP contribution in [0, 0.1) is 0 Å². The van der Waals surface area contributed by atoms with Gasteiger partial charge in [-0.25, -0.2) is 17.2 Å². The highest BCUT2D eigenvalue weighted by Gasteiger charge is 2.31. The van der Waals surface area contributed by atoms with Crippen molar-refractivity contribution in [3.8, 4) is 17.2 Å². The number of halogens is 2. The molecule has 0 spiro atoms. The third kappa shape index (κ3) is 2.41. The Labute approximate surface area is 126 Å². The van der Waals surface area contributed by atoms with Crippen molar-refractivity contribution < 1.29 is 26.7 Å². The SMILES string of the molecule is CC(Oc1ccc2c(c1)Oc1ccccc1S2(=O)=O)C(F)F. The Morgan fingerprint density at radius 3 is 2.45 bits per heavy atom. The molecule has 2 aromatic carbocycles. The number of benzene rings is 2. The van der Waals surface area contributed by atoms with Crippen LogP contribution in [0.25, 0.3) is 0 Å². The standard InChI is InChI=1S/C15H12F2O4S/c1-9(15(16)17)20-10-6-7-14-12(8-10)21-11-4-2-3-5-13(11)22(14,18)19/h2-9,15H,1H3. The molecule has 1 heterocycles. The summed E-state index contributed by atoms with van der Waals surface area (Å²) in [5.74, 6) is 0.396. The van der Waals surface area contributed by atoms with E-state index in [9.17, 15) is 17.2 Å². The van der Waals surface area contributed by atoms with Crippen LogP contribution in [0.1, 0.15) is 6.92 Å². The van der Waals surface area contributed by atoms with E-state index in [0.29, 0.717) is 0 Å². The summed E-state index contributed by atoms with van der Waals surface area (Å²) in [6, 6.07) is 10.2. The van der Waals surface area contributed by atoms with Crippen molar-refractivity contribution in [1.82, 2.24) is 0 Å². The molecule has 0 fully saturated rings. The van der Waals surface area contributed by atoms with Gasteiger partial charge in [-0.1, -0.05) is 12.1 Å². The van der Waals surface area contributed by atoms with Crippen molar-refractivity contribution in [3.63, 3.8) is 0 Å². The van der Waals surface area contributed by atoms with Gasteiger partial charge in [0.25, 0.3) is 6.43 Å². The Kier molecular flexibility index (Phi) is 3.52. The molecule has 0 bridgehead atoms. The van der Waals surface area contributed by atoms with Gasteiger partial charge < -0.3 is 9.47 Å². The normalized spacial score (nSPS) is 16.4. The van der Waals surface area contributed by atoms with Crippen molar-refractivity contribution >= 4 is 9.84 Å². The van der Waals surface area contributed by atoms with Crippen molar-refractivity contribution in [2.75, 3.05) is 0 Å². The Hall–Kier alpha value is -2.15. The Bertz CT molecular complexity index is 818.